The third kappa shape index (κ3) is 3.71. The van der Waals surface area contributed by atoms with Crippen LogP contribution in [0.1, 0.15) is 5.56 Å². The van der Waals surface area contributed by atoms with Crippen molar-refractivity contribution in [1.82, 2.24) is 4.57 Å². The Kier molecular flexibility index (Phi) is 4.77. The summed E-state index contributed by atoms with van der Waals surface area (Å²) in [6, 6.07) is 22.4. The Morgan fingerprint density at radius 1 is 0.750 bits per heavy atom. The Hall–Kier alpha value is -3.66. The molecule has 0 saturated carbocycles. The predicted molar refractivity (Wildman–Crippen MR) is 111 cm³/mol. The van der Waals surface area contributed by atoms with E-state index in [0.717, 1.165) is 33.6 Å². The van der Waals surface area contributed by atoms with E-state index in [2.05, 4.69) is 23.0 Å². The summed E-state index contributed by atoms with van der Waals surface area (Å²) in [5.41, 5.74) is 5.31. The zero-order valence-corrected chi connectivity index (χ0v) is 15.5. The van der Waals surface area contributed by atoms with Gasteiger partial charge in [-0.2, -0.15) is 0 Å². The van der Waals surface area contributed by atoms with Crippen LogP contribution in [-0.2, 0) is 6.54 Å². The molecule has 0 unspecified atom stereocenters. The molecule has 4 aromatic rings. The maximum absolute atomic E-state index is 9.63. The van der Waals surface area contributed by atoms with Gasteiger partial charge in [0.2, 0.25) is 0 Å². The van der Waals surface area contributed by atoms with Gasteiger partial charge in [0.05, 0.1) is 7.11 Å². The second kappa shape index (κ2) is 7.53. The number of phenols is 2. The lowest BCUT2D eigenvalue weighted by molar-refractivity contribution is 0.414. The number of hydrogen-bond donors (Lipinski definition) is 2. The number of phenolic OH excluding ortho intramolecular Hbond substituents is 2. The quantitative estimate of drug-likeness (QED) is 0.501. The van der Waals surface area contributed by atoms with Crippen LogP contribution in [0.4, 0.5) is 0 Å². The molecule has 0 spiro atoms. The van der Waals surface area contributed by atoms with Gasteiger partial charge in [0.25, 0.3) is 0 Å². The van der Waals surface area contributed by atoms with Crippen LogP contribution in [-0.4, -0.2) is 21.9 Å². The standard InChI is InChI=1S/C24H21NO3/c1-28-22-4-2-3-17(13-22)14-25-15-23(18-5-9-20(26)10-6-18)24(16-25)19-7-11-21(27)12-8-19/h2-13,15-16,26-27H,14H2,1H3. The van der Waals surface area contributed by atoms with Crippen LogP contribution in [0, 0.1) is 0 Å². The Bertz CT molecular complexity index is 1020. The maximum Gasteiger partial charge on any atom is 0.119 e. The van der Waals surface area contributed by atoms with Crippen LogP contribution in [0.2, 0.25) is 0 Å². The number of rotatable bonds is 5. The van der Waals surface area contributed by atoms with Gasteiger partial charge in [-0.1, -0.05) is 36.4 Å². The average molecular weight is 371 g/mol. The largest absolute Gasteiger partial charge is 0.508 e. The fourth-order valence-electron chi connectivity index (χ4n) is 3.32. The fraction of sp³-hybridized carbons (Fsp3) is 0.0833. The Balaban J connectivity index is 1.77. The maximum atomic E-state index is 9.63. The number of hydrogen-bond acceptors (Lipinski definition) is 3. The van der Waals surface area contributed by atoms with Crippen LogP contribution >= 0.6 is 0 Å². The molecular weight excluding hydrogens is 350 g/mol. The van der Waals surface area contributed by atoms with Gasteiger partial charge in [-0.05, 0) is 53.1 Å². The first-order valence-electron chi connectivity index (χ1n) is 9.04. The molecule has 0 atom stereocenters. The number of benzene rings is 3. The van der Waals surface area contributed by atoms with Gasteiger partial charge < -0.3 is 19.5 Å². The minimum absolute atomic E-state index is 0.241. The van der Waals surface area contributed by atoms with E-state index in [1.54, 1.807) is 31.4 Å². The van der Waals surface area contributed by atoms with E-state index in [9.17, 15) is 10.2 Å². The van der Waals surface area contributed by atoms with Gasteiger partial charge in [-0.15, -0.1) is 0 Å². The molecule has 3 aromatic carbocycles. The molecule has 0 bridgehead atoms. The van der Waals surface area contributed by atoms with E-state index in [1.807, 2.05) is 42.5 Å². The summed E-state index contributed by atoms with van der Waals surface area (Å²) < 4.78 is 7.46. The minimum atomic E-state index is 0.241. The first-order valence-corrected chi connectivity index (χ1v) is 9.04. The number of aromatic nitrogens is 1. The molecule has 0 aliphatic rings. The third-order valence-electron chi connectivity index (χ3n) is 4.74. The SMILES string of the molecule is COc1cccc(Cn2cc(-c3ccc(O)cc3)c(-c3ccc(O)cc3)c2)c1. The second-order valence-electron chi connectivity index (χ2n) is 6.70. The molecule has 1 aromatic heterocycles. The van der Waals surface area contributed by atoms with Crippen molar-refractivity contribution >= 4 is 0 Å². The van der Waals surface area contributed by atoms with E-state index >= 15 is 0 Å². The lowest BCUT2D eigenvalue weighted by Crippen LogP contribution is -1.96. The molecule has 0 fully saturated rings. The van der Waals surface area contributed by atoms with E-state index in [4.69, 9.17) is 4.74 Å². The molecule has 1 heterocycles. The minimum Gasteiger partial charge on any atom is -0.508 e. The van der Waals surface area contributed by atoms with Crippen LogP contribution in [0.5, 0.6) is 17.2 Å². The van der Waals surface area contributed by atoms with Crippen molar-refractivity contribution in [1.29, 1.82) is 0 Å². The second-order valence-corrected chi connectivity index (χ2v) is 6.70. The van der Waals surface area contributed by atoms with Crippen molar-refractivity contribution in [2.75, 3.05) is 7.11 Å². The summed E-state index contributed by atoms with van der Waals surface area (Å²) in [5.74, 6) is 1.32. The highest BCUT2D eigenvalue weighted by molar-refractivity contribution is 5.83. The van der Waals surface area contributed by atoms with Gasteiger partial charge in [0, 0.05) is 30.1 Å². The summed E-state index contributed by atoms with van der Waals surface area (Å²) in [7, 11) is 1.67. The van der Waals surface area contributed by atoms with Crippen LogP contribution < -0.4 is 4.74 Å². The van der Waals surface area contributed by atoms with E-state index in [0.29, 0.717) is 6.54 Å². The normalized spacial score (nSPS) is 10.8. The van der Waals surface area contributed by atoms with Crippen molar-refractivity contribution in [2.24, 2.45) is 0 Å². The summed E-state index contributed by atoms with van der Waals surface area (Å²) in [5, 5.41) is 19.3. The van der Waals surface area contributed by atoms with Crippen molar-refractivity contribution in [3.05, 3.63) is 90.8 Å². The summed E-state index contributed by atoms with van der Waals surface area (Å²) in [4.78, 5) is 0. The number of methoxy groups -OCH3 is 1. The molecule has 2 N–H and O–H groups in total. The molecule has 4 nitrogen and oxygen atoms in total. The van der Waals surface area contributed by atoms with E-state index in [-0.39, 0.29) is 11.5 Å². The monoisotopic (exact) mass is 371 g/mol. The average Bonchev–Trinajstić information content (AvgIpc) is 3.13. The molecule has 0 saturated heterocycles. The van der Waals surface area contributed by atoms with E-state index < -0.39 is 0 Å². The third-order valence-corrected chi connectivity index (χ3v) is 4.74. The summed E-state index contributed by atoms with van der Waals surface area (Å²) >= 11 is 0. The number of aromatic hydroxyl groups is 2. The van der Waals surface area contributed by atoms with Gasteiger partial charge in [0.1, 0.15) is 17.2 Å². The molecule has 0 radical (unpaired) electrons. The molecule has 0 aliphatic heterocycles. The Morgan fingerprint density at radius 2 is 1.29 bits per heavy atom. The van der Waals surface area contributed by atoms with Crippen molar-refractivity contribution < 1.29 is 14.9 Å². The van der Waals surface area contributed by atoms with Gasteiger partial charge >= 0.3 is 0 Å². The number of ether oxygens (including phenoxy) is 1. The predicted octanol–water partition coefficient (Wildman–Crippen LogP) is 5.29. The molecule has 28 heavy (non-hydrogen) atoms. The molecular formula is C24H21NO3. The van der Waals surface area contributed by atoms with Crippen molar-refractivity contribution in [2.45, 2.75) is 6.54 Å². The molecule has 140 valence electrons. The van der Waals surface area contributed by atoms with Crippen molar-refractivity contribution in [3.63, 3.8) is 0 Å². The first kappa shape index (κ1) is 17.7. The highest BCUT2D eigenvalue weighted by Crippen LogP contribution is 2.35. The lowest BCUT2D eigenvalue weighted by atomic mass is 9.99. The smallest absolute Gasteiger partial charge is 0.119 e. The summed E-state index contributed by atoms with van der Waals surface area (Å²) in [6.45, 7) is 0.709. The van der Waals surface area contributed by atoms with Crippen LogP contribution in [0.15, 0.2) is 85.2 Å². The van der Waals surface area contributed by atoms with Crippen molar-refractivity contribution in [3.8, 4) is 39.5 Å². The molecule has 4 heteroatoms. The van der Waals surface area contributed by atoms with E-state index in [1.165, 1.54) is 0 Å². The highest BCUT2D eigenvalue weighted by atomic mass is 16.5. The lowest BCUT2D eigenvalue weighted by Gasteiger charge is -2.05. The van der Waals surface area contributed by atoms with Gasteiger partial charge in [-0.3, -0.25) is 0 Å². The molecule has 0 aliphatic carbocycles. The highest BCUT2D eigenvalue weighted by Gasteiger charge is 2.12. The van der Waals surface area contributed by atoms with Gasteiger partial charge in [-0.25, -0.2) is 0 Å². The van der Waals surface area contributed by atoms with Crippen LogP contribution in [0.25, 0.3) is 22.3 Å². The zero-order chi connectivity index (χ0) is 19.5. The van der Waals surface area contributed by atoms with Gasteiger partial charge in [0.15, 0.2) is 0 Å². The first-order chi connectivity index (χ1) is 13.6. The topological polar surface area (TPSA) is 54.6 Å². The Labute approximate surface area is 163 Å². The molecule has 0 amide bonds. The zero-order valence-electron chi connectivity index (χ0n) is 15.5. The Morgan fingerprint density at radius 3 is 1.79 bits per heavy atom. The molecule has 4 rings (SSSR count). The number of nitrogens with zero attached hydrogens (tertiary/aromatic N) is 1. The fourth-order valence-corrected chi connectivity index (χ4v) is 3.32. The summed E-state index contributed by atoms with van der Waals surface area (Å²) in [6.07, 6.45) is 4.21. The van der Waals surface area contributed by atoms with Crippen LogP contribution in [0.3, 0.4) is 0 Å².